The number of hydrogen-bond donors (Lipinski definition) is 1. The molecule has 1 aliphatic carbocycles. The van der Waals surface area contributed by atoms with Gasteiger partial charge >= 0.3 is 0 Å². The van der Waals surface area contributed by atoms with Crippen molar-refractivity contribution in [3.8, 4) is 5.75 Å². The minimum absolute atomic E-state index is 0.0962. The van der Waals surface area contributed by atoms with Crippen LogP contribution in [-0.4, -0.2) is 22.3 Å². The molecule has 3 rings (SSSR count). The van der Waals surface area contributed by atoms with E-state index >= 15 is 0 Å². The first kappa shape index (κ1) is 14.3. The maximum absolute atomic E-state index is 10.2. The molecule has 0 bridgehead atoms. The highest BCUT2D eigenvalue weighted by atomic mass is 16.5. The van der Waals surface area contributed by atoms with Gasteiger partial charge in [-0.2, -0.15) is 0 Å². The smallest absolute Gasteiger partial charge is 0.129 e. The molecule has 0 spiro atoms. The minimum atomic E-state index is -0.356. The van der Waals surface area contributed by atoms with Gasteiger partial charge in [0.2, 0.25) is 0 Å². The highest BCUT2D eigenvalue weighted by Gasteiger charge is 2.30. The molecule has 1 aromatic carbocycles. The number of fused-ring (bicyclic) bond motifs is 1. The van der Waals surface area contributed by atoms with E-state index in [-0.39, 0.29) is 12.2 Å². The summed E-state index contributed by atoms with van der Waals surface area (Å²) >= 11 is 0. The second-order valence-electron chi connectivity index (χ2n) is 6.02. The van der Waals surface area contributed by atoms with Gasteiger partial charge in [0, 0.05) is 11.6 Å². The summed E-state index contributed by atoms with van der Waals surface area (Å²) in [4.78, 5) is 4.36. The second-order valence-corrected chi connectivity index (χ2v) is 6.02. The van der Waals surface area contributed by atoms with Crippen molar-refractivity contribution < 1.29 is 9.84 Å². The zero-order valence-corrected chi connectivity index (χ0v) is 12.5. The van der Waals surface area contributed by atoms with Crippen LogP contribution in [0.3, 0.4) is 0 Å². The Morgan fingerprint density at radius 3 is 3.00 bits per heavy atom. The van der Waals surface area contributed by atoms with E-state index in [9.17, 15) is 5.11 Å². The Morgan fingerprint density at radius 1 is 1.24 bits per heavy atom. The van der Waals surface area contributed by atoms with E-state index in [1.807, 2.05) is 30.3 Å². The van der Waals surface area contributed by atoms with Gasteiger partial charge in [-0.15, -0.1) is 0 Å². The molecule has 1 N–H and O–H groups in total. The van der Waals surface area contributed by atoms with E-state index < -0.39 is 0 Å². The third kappa shape index (κ3) is 3.18. The standard InChI is InChI=1S/C18H23NO2/c1-2-5-13-9-10-16(20)18(12-13)21-17-8-3-7-15-14(17)6-4-11-19-15/h3-4,6-8,11,13,16,18,20H,2,5,9-10,12H2,1H3. The lowest BCUT2D eigenvalue weighted by Crippen LogP contribution is -2.38. The van der Waals surface area contributed by atoms with E-state index in [4.69, 9.17) is 4.74 Å². The number of nitrogens with zero attached hydrogens (tertiary/aromatic N) is 1. The molecule has 1 saturated carbocycles. The summed E-state index contributed by atoms with van der Waals surface area (Å²) < 4.78 is 6.17. The van der Waals surface area contributed by atoms with Crippen LogP contribution in [0.25, 0.3) is 10.9 Å². The van der Waals surface area contributed by atoms with Gasteiger partial charge < -0.3 is 9.84 Å². The molecule has 1 fully saturated rings. The Kier molecular flexibility index (Phi) is 4.39. The van der Waals surface area contributed by atoms with Gasteiger partial charge in [-0.05, 0) is 49.4 Å². The van der Waals surface area contributed by atoms with Crippen molar-refractivity contribution in [3.63, 3.8) is 0 Å². The number of pyridine rings is 1. The van der Waals surface area contributed by atoms with Gasteiger partial charge in [0.05, 0.1) is 11.6 Å². The average Bonchev–Trinajstić information content (AvgIpc) is 2.51. The zero-order chi connectivity index (χ0) is 14.7. The lowest BCUT2D eigenvalue weighted by Gasteiger charge is -2.33. The molecule has 0 saturated heterocycles. The Bertz CT molecular complexity index is 593. The van der Waals surface area contributed by atoms with Crippen LogP contribution in [0, 0.1) is 5.92 Å². The van der Waals surface area contributed by atoms with Crippen molar-refractivity contribution in [1.82, 2.24) is 4.98 Å². The van der Waals surface area contributed by atoms with Crippen LogP contribution in [0.4, 0.5) is 0 Å². The molecular formula is C18H23NO2. The third-order valence-electron chi connectivity index (χ3n) is 4.45. The topological polar surface area (TPSA) is 42.4 Å². The summed E-state index contributed by atoms with van der Waals surface area (Å²) in [6.45, 7) is 2.22. The van der Waals surface area contributed by atoms with Crippen LogP contribution in [0.5, 0.6) is 5.75 Å². The maximum Gasteiger partial charge on any atom is 0.129 e. The van der Waals surface area contributed by atoms with E-state index in [1.165, 1.54) is 12.8 Å². The van der Waals surface area contributed by atoms with Crippen molar-refractivity contribution in [1.29, 1.82) is 0 Å². The molecule has 3 heteroatoms. The monoisotopic (exact) mass is 285 g/mol. The van der Waals surface area contributed by atoms with Crippen LogP contribution in [-0.2, 0) is 0 Å². The van der Waals surface area contributed by atoms with Crippen molar-refractivity contribution in [2.24, 2.45) is 5.92 Å². The fourth-order valence-electron chi connectivity index (χ4n) is 3.33. The fourth-order valence-corrected chi connectivity index (χ4v) is 3.33. The molecule has 1 heterocycles. The van der Waals surface area contributed by atoms with Crippen molar-refractivity contribution in [3.05, 3.63) is 36.5 Å². The molecule has 0 amide bonds. The van der Waals surface area contributed by atoms with Gasteiger partial charge in [-0.25, -0.2) is 0 Å². The normalized spacial score (nSPS) is 25.9. The maximum atomic E-state index is 10.2. The first-order valence-electron chi connectivity index (χ1n) is 7.96. The first-order chi connectivity index (χ1) is 10.3. The van der Waals surface area contributed by atoms with Crippen molar-refractivity contribution in [2.75, 3.05) is 0 Å². The molecule has 0 aliphatic heterocycles. The molecule has 3 nitrogen and oxygen atoms in total. The largest absolute Gasteiger partial charge is 0.487 e. The SMILES string of the molecule is CCCC1CCC(O)C(Oc2cccc3ncccc23)C1. The number of aliphatic hydroxyl groups is 1. The Balaban J connectivity index is 1.80. The minimum Gasteiger partial charge on any atom is -0.487 e. The highest BCUT2D eigenvalue weighted by Crippen LogP contribution is 2.33. The van der Waals surface area contributed by atoms with E-state index in [0.29, 0.717) is 5.92 Å². The molecular weight excluding hydrogens is 262 g/mol. The summed E-state index contributed by atoms with van der Waals surface area (Å²) in [7, 11) is 0. The number of rotatable bonds is 4. The molecule has 3 unspecified atom stereocenters. The van der Waals surface area contributed by atoms with Gasteiger partial charge in [0.15, 0.2) is 0 Å². The van der Waals surface area contributed by atoms with Gasteiger partial charge in [0.1, 0.15) is 11.9 Å². The predicted octanol–water partition coefficient (Wildman–Crippen LogP) is 3.94. The first-order valence-corrected chi connectivity index (χ1v) is 7.96. The average molecular weight is 285 g/mol. The van der Waals surface area contributed by atoms with Crippen LogP contribution < -0.4 is 4.74 Å². The fraction of sp³-hybridized carbons (Fsp3) is 0.500. The number of ether oxygens (including phenoxy) is 1. The number of aliphatic hydroxyl groups excluding tert-OH is 1. The van der Waals surface area contributed by atoms with Crippen molar-refractivity contribution in [2.45, 2.75) is 51.2 Å². The quantitative estimate of drug-likeness (QED) is 0.925. The van der Waals surface area contributed by atoms with Gasteiger partial charge in [0.25, 0.3) is 0 Å². The summed E-state index contributed by atoms with van der Waals surface area (Å²) in [6.07, 6.45) is 6.68. The molecule has 0 radical (unpaired) electrons. The zero-order valence-electron chi connectivity index (χ0n) is 12.5. The van der Waals surface area contributed by atoms with E-state index in [2.05, 4.69) is 11.9 Å². The van der Waals surface area contributed by atoms with E-state index in [0.717, 1.165) is 35.9 Å². The summed E-state index contributed by atoms with van der Waals surface area (Å²) in [6, 6.07) is 9.87. The van der Waals surface area contributed by atoms with Crippen LogP contribution in [0.1, 0.15) is 39.0 Å². The predicted molar refractivity (Wildman–Crippen MR) is 84.4 cm³/mol. The molecule has 1 aromatic heterocycles. The van der Waals surface area contributed by atoms with Gasteiger partial charge in [-0.1, -0.05) is 25.8 Å². The number of aromatic nitrogens is 1. The lowest BCUT2D eigenvalue weighted by molar-refractivity contribution is -0.0109. The van der Waals surface area contributed by atoms with Crippen LogP contribution >= 0.6 is 0 Å². The Morgan fingerprint density at radius 2 is 2.14 bits per heavy atom. The summed E-state index contributed by atoms with van der Waals surface area (Å²) in [5.41, 5.74) is 0.936. The molecule has 112 valence electrons. The summed E-state index contributed by atoms with van der Waals surface area (Å²) in [5.74, 6) is 1.51. The van der Waals surface area contributed by atoms with Crippen LogP contribution in [0.15, 0.2) is 36.5 Å². The number of hydrogen-bond acceptors (Lipinski definition) is 3. The molecule has 21 heavy (non-hydrogen) atoms. The van der Waals surface area contributed by atoms with E-state index in [1.54, 1.807) is 6.20 Å². The summed E-state index contributed by atoms with van der Waals surface area (Å²) in [5, 5.41) is 11.3. The molecule has 2 aromatic rings. The lowest BCUT2D eigenvalue weighted by atomic mass is 9.83. The second kappa shape index (κ2) is 6.44. The molecule has 3 atom stereocenters. The van der Waals surface area contributed by atoms with Gasteiger partial charge in [-0.3, -0.25) is 4.98 Å². The number of benzene rings is 1. The third-order valence-corrected chi connectivity index (χ3v) is 4.45. The Hall–Kier alpha value is -1.61. The Labute approximate surface area is 126 Å². The van der Waals surface area contributed by atoms with Crippen molar-refractivity contribution >= 4 is 10.9 Å². The highest BCUT2D eigenvalue weighted by molar-refractivity contribution is 5.84. The molecule has 1 aliphatic rings. The van der Waals surface area contributed by atoms with Crippen LogP contribution in [0.2, 0.25) is 0 Å².